The molecule has 1 fully saturated rings. The molecule has 1 atom stereocenters. The molecule has 26 heavy (non-hydrogen) atoms. The summed E-state index contributed by atoms with van der Waals surface area (Å²) in [5.41, 5.74) is 2.23. The molecule has 0 radical (unpaired) electrons. The standard InChI is InChI=1S/C21H23N3O2/c1-2-7-18(8-3-1)20-13-23-21(26-20)16-24(15-19-9-5-11-25-19)14-17-6-4-10-22-12-17/h1-4,6-8,10,12-13,19H,5,9,11,14-16H2. The van der Waals surface area contributed by atoms with E-state index in [2.05, 4.69) is 20.9 Å². The molecule has 3 heterocycles. The molecule has 0 saturated carbocycles. The lowest BCUT2D eigenvalue weighted by atomic mass is 10.2. The number of aromatic nitrogens is 2. The highest BCUT2D eigenvalue weighted by molar-refractivity contribution is 5.55. The van der Waals surface area contributed by atoms with Gasteiger partial charge in [0.2, 0.25) is 5.89 Å². The van der Waals surface area contributed by atoms with E-state index in [1.54, 1.807) is 12.4 Å². The molecule has 5 heteroatoms. The zero-order valence-electron chi connectivity index (χ0n) is 14.8. The normalized spacial score (nSPS) is 17.0. The van der Waals surface area contributed by atoms with Gasteiger partial charge in [0, 0.05) is 37.7 Å². The Morgan fingerprint density at radius 1 is 1.04 bits per heavy atom. The zero-order chi connectivity index (χ0) is 17.6. The quantitative estimate of drug-likeness (QED) is 0.647. The molecule has 1 unspecified atom stereocenters. The highest BCUT2D eigenvalue weighted by atomic mass is 16.5. The largest absolute Gasteiger partial charge is 0.439 e. The number of rotatable bonds is 7. The van der Waals surface area contributed by atoms with Gasteiger partial charge in [-0.3, -0.25) is 9.88 Å². The lowest BCUT2D eigenvalue weighted by Gasteiger charge is -2.23. The summed E-state index contributed by atoms with van der Waals surface area (Å²) in [5, 5.41) is 0. The third-order valence-corrected chi connectivity index (χ3v) is 4.59. The minimum absolute atomic E-state index is 0.287. The van der Waals surface area contributed by atoms with Crippen LogP contribution in [-0.4, -0.2) is 34.1 Å². The third-order valence-electron chi connectivity index (χ3n) is 4.59. The van der Waals surface area contributed by atoms with Crippen molar-refractivity contribution < 1.29 is 9.15 Å². The number of nitrogens with zero attached hydrogens (tertiary/aromatic N) is 3. The maximum Gasteiger partial charge on any atom is 0.209 e. The van der Waals surface area contributed by atoms with Crippen LogP contribution in [0, 0.1) is 0 Å². The first-order valence-corrected chi connectivity index (χ1v) is 9.10. The van der Waals surface area contributed by atoms with Gasteiger partial charge in [-0.25, -0.2) is 4.98 Å². The smallest absolute Gasteiger partial charge is 0.209 e. The molecule has 1 aliphatic rings. The Balaban J connectivity index is 1.47. The lowest BCUT2D eigenvalue weighted by Crippen LogP contribution is -2.31. The van der Waals surface area contributed by atoms with Gasteiger partial charge in [0.25, 0.3) is 0 Å². The molecule has 0 spiro atoms. The summed E-state index contributed by atoms with van der Waals surface area (Å²) in [6, 6.07) is 14.1. The Morgan fingerprint density at radius 3 is 2.73 bits per heavy atom. The van der Waals surface area contributed by atoms with Crippen LogP contribution in [0.25, 0.3) is 11.3 Å². The molecular formula is C21H23N3O2. The maximum absolute atomic E-state index is 5.99. The topological polar surface area (TPSA) is 51.4 Å². The van der Waals surface area contributed by atoms with Crippen LogP contribution < -0.4 is 0 Å². The third kappa shape index (κ3) is 4.36. The average molecular weight is 349 g/mol. The molecule has 1 aromatic carbocycles. The van der Waals surface area contributed by atoms with Crippen molar-refractivity contribution in [2.75, 3.05) is 13.2 Å². The molecule has 4 rings (SSSR count). The van der Waals surface area contributed by atoms with Crippen LogP contribution >= 0.6 is 0 Å². The second kappa shape index (κ2) is 8.25. The maximum atomic E-state index is 5.99. The monoisotopic (exact) mass is 349 g/mol. The van der Waals surface area contributed by atoms with Crippen molar-refractivity contribution in [1.29, 1.82) is 0 Å². The van der Waals surface area contributed by atoms with Crippen molar-refractivity contribution in [2.24, 2.45) is 0 Å². The summed E-state index contributed by atoms with van der Waals surface area (Å²) in [5.74, 6) is 1.53. The minimum Gasteiger partial charge on any atom is -0.439 e. The molecule has 1 saturated heterocycles. The fourth-order valence-corrected chi connectivity index (χ4v) is 3.32. The summed E-state index contributed by atoms with van der Waals surface area (Å²) < 4.78 is 11.8. The van der Waals surface area contributed by atoms with Gasteiger partial charge in [-0.1, -0.05) is 36.4 Å². The van der Waals surface area contributed by atoms with Gasteiger partial charge in [-0.2, -0.15) is 0 Å². The molecule has 0 N–H and O–H groups in total. The van der Waals surface area contributed by atoms with E-state index in [4.69, 9.17) is 9.15 Å². The minimum atomic E-state index is 0.287. The fourth-order valence-electron chi connectivity index (χ4n) is 3.32. The van der Waals surface area contributed by atoms with Gasteiger partial charge in [0.05, 0.1) is 18.8 Å². The van der Waals surface area contributed by atoms with E-state index in [9.17, 15) is 0 Å². The molecular weight excluding hydrogens is 326 g/mol. The van der Waals surface area contributed by atoms with E-state index in [0.717, 1.165) is 49.8 Å². The SMILES string of the molecule is c1ccc(-c2cnc(CN(Cc3cccnc3)CC3CCCO3)o2)cc1. The molecule has 1 aliphatic heterocycles. The fraction of sp³-hybridized carbons (Fsp3) is 0.333. The molecule has 0 bridgehead atoms. The second-order valence-corrected chi connectivity index (χ2v) is 6.65. The summed E-state index contributed by atoms with van der Waals surface area (Å²) in [6.45, 7) is 3.19. The van der Waals surface area contributed by atoms with Gasteiger partial charge in [0.15, 0.2) is 5.76 Å². The number of benzene rings is 1. The van der Waals surface area contributed by atoms with Crippen molar-refractivity contribution in [3.63, 3.8) is 0 Å². The van der Waals surface area contributed by atoms with Crippen LogP contribution in [0.3, 0.4) is 0 Å². The van der Waals surface area contributed by atoms with Crippen LogP contribution in [0.15, 0.2) is 65.5 Å². The Bertz CT molecular complexity index is 798. The lowest BCUT2D eigenvalue weighted by molar-refractivity contribution is 0.0649. The van der Waals surface area contributed by atoms with E-state index in [0.29, 0.717) is 6.54 Å². The highest BCUT2D eigenvalue weighted by Gasteiger charge is 2.21. The van der Waals surface area contributed by atoms with Gasteiger partial charge in [0.1, 0.15) is 0 Å². The molecule has 134 valence electrons. The van der Waals surface area contributed by atoms with Crippen LogP contribution in [-0.2, 0) is 17.8 Å². The number of hydrogen-bond donors (Lipinski definition) is 0. The molecule has 3 aromatic rings. The zero-order valence-corrected chi connectivity index (χ0v) is 14.8. The van der Waals surface area contributed by atoms with Gasteiger partial charge >= 0.3 is 0 Å². The van der Waals surface area contributed by atoms with Gasteiger partial charge < -0.3 is 9.15 Å². The van der Waals surface area contributed by atoms with E-state index in [-0.39, 0.29) is 6.10 Å². The molecule has 0 amide bonds. The van der Waals surface area contributed by atoms with E-state index in [1.807, 2.05) is 42.6 Å². The molecule has 0 aliphatic carbocycles. The Labute approximate surface area is 153 Å². The number of ether oxygens (including phenoxy) is 1. The van der Waals surface area contributed by atoms with Gasteiger partial charge in [-0.05, 0) is 24.5 Å². The Kier molecular flexibility index (Phi) is 5.38. The summed E-state index contributed by atoms with van der Waals surface area (Å²) in [4.78, 5) is 11.0. The number of oxazole rings is 1. The van der Waals surface area contributed by atoms with Crippen molar-refractivity contribution in [1.82, 2.24) is 14.9 Å². The highest BCUT2D eigenvalue weighted by Crippen LogP contribution is 2.22. The first-order chi connectivity index (χ1) is 12.9. The van der Waals surface area contributed by atoms with Crippen molar-refractivity contribution in [3.05, 3.63) is 72.5 Å². The Morgan fingerprint density at radius 2 is 1.96 bits per heavy atom. The van der Waals surface area contributed by atoms with E-state index < -0.39 is 0 Å². The number of hydrogen-bond acceptors (Lipinski definition) is 5. The first-order valence-electron chi connectivity index (χ1n) is 9.10. The van der Waals surface area contributed by atoms with Crippen LogP contribution in [0.4, 0.5) is 0 Å². The summed E-state index contributed by atoms with van der Waals surface area (Å²) in [6.07, 6.45) is 8.06. The van der Waals surface area contributed by atoms with Gasteiger partial charge in [-0.15, -0.1) is 0 Å². The van der Waals surface area contributed by atoms with E-state index in [1.165, 1.54) is 5.56 Å². The molecule has 5 nitrogen and oxygen atoms in total. The van der Waals surface area contributed by atoms with Crippen molar-refractivity contribution in [2.45, 2.75) is 32.0 Å². The van der Waals surface area contributed by atoms with Crippen LogP contribution in [0.2, 0.25) is 0 Å². The predicted molar refractivity (Wildman–Crippen MR) is 99.3 cm³/mol. The van der Waals surface area contributed by atoms with Crippen molar-refractivity contribution in [3.8, 4) is 11.3 Å². The van der Waals surface area contributed by atoms with Crippen LogP contribution in [0.5, 0.6) is 0 Å². The number of pyridine rings is 1. The predicted octanol–water partition coefficient (Wildman–Crippen LogP) is 3.92. The van der Waals surface area contributed by atoms with E-state index >= 15 is 0 Å². The Hall–Kier alpha value is -2.50. The molecule has 2 aromatic heterocycles. The summed E-state index contributed by atoms with van der Waals surface area (Å²) in [7, 11) is 0. The average Bonchev–Trinajstić information content (AvgIpc) is 3.35. The van der Waals surface area contributed by atoms with Crippen LogP contribution in [0.1, 0.15) is 24.3 Å². The second-order valence-electron chi connectivity index (χ2n) is 6.65. The summed E-state index contributed by atoms with van der Waals surface area (Å²) >= 11 is 0. The van der Waals surface area contributed by atoms with Crippen molar-refractivity contribution >= 4 is 0 Å². The first kappa shape index (κ1) is 16.9.